The molecule has 2 aromatic rings. The van der Waals surface area contributed by atoms with Crippen molar-refractivity contribution < 1.29 is 19.4 Å². The number of carboxylic acids is 1. The molecule has 1 aliphatic rings. The van der Waals surface area contributed by atoms with Gasteiger partial charge in [0.05, 0.1) is 29.3 Å². The lowest BCUT2D eigenvalue weighted by molar-refractivity contribution is -0.122. The molecule has 7 heteroatoms. The zero-order valence-corrected chi connectivity index (χ0v) is 15.5. The Morgan fingerprint density at radius 2 is 1.89 bits per heavy atom. The van der Waals surface area contributed by atoms with Crippen LogP contribution in [0.25, 0.3) is 6.08 Å². The molecule has 1 saturated heterocycles. The van der Waals surface area contributed by atoms with Crippen LogP contribution in [-0.2, 0) is 9.53 Å². The molecule has 1 fully saturated rings. The van der Waals surface area contributed by atoms with Gasteiger partial charge in [-0.1, -0.05) is 30.3 Å². The van der Waals surface area contributed by atoms with Gasteiger partial charge in [-0.3, -0.25) is 9.69 Å². The number of para-hydroxylation sites is 1. The summed E-state index contributed by atoms with van der Waals surface area (Å²) in [5.41, 5.74) is 1.72. The maximum atomic E-state index is 12.8. The Kier molecular flexibility index (Phi) is 6.05. The molecule has 0 bridgehead atoms. The number of benzene rings is 2. The first kappa shape index (κ1) is 18.9. The third kappa shape index (κ3) is 4.64. The Hall–Kier alpha value is -2.90. The average Bonchev–Trinajstić information content (AvgIpc) is 2.96. The number of aromatic carboxylic acids is 1. The Morgan fingerprint density at radius 3 is 2.52 bits per heavy atom. The molecule has 0 spiro atoms. The van der Waals surface area contributed by atoms with Crippen LogP contribution in [-0.4, -0.2) is 47.3 Å². The predicted molar refractivity (Wildman–Crippen MR) is 106 cm³/mol. The van der Waals surface area contributed by atoms with Crippen LogP contribution in [0.1, 0.15) is 15.9 Å². The van der Waals surface area contributed by atoms with Crippen molar-refractivity contribution in [2.45, 2.75) is 0 Å². The lowest BCUT2D eigenvalue weighted by Gasteiger charge is -2.14. The summed E-state index contributed by atoms with van der Waals surface area (Å²) in [4.78, 5) is 30.5. The molecule has 1 amide bonds. The molecular weight excluding hydrogens is 364 g/mol. The van der Waals surface area contributed by atoms with Crippen molar-refractivity contribution in [1.29, 1.82) is 0 Å². The maximum absolute atomic E-state index is 12.8. The molecule has 3 rings (SSSR count). The van der Waals surface area contributed by atoms with E-state index in [2.05, 4.69) is 4.99 Å². The van der Waals surface area contributed by atoms with E-state index in [4.69, 9.17) is 9.84 Å². The number of hydrogen-bond acceptors (Lipinski definition) is 5. The van der Waals surface area contributed by atoms with E-state index in [-0.39, 0.29) is 11.5 Å². The minimum absolute atomic E-state index is 0.144. The van der Waals surface area contributed by atoms with Gasteiger partial charge in [-0.2, -0.15) is 0 Å². The van der Waals surface area contributed by atoms with Crippen LogP contribution in [0.4, 0.5) is 5.69 Å². The second-order valence-electron chi connectivity index (χ2n) is 5.72. The van der Waals surface area contributed by atoms with Crippen LogP contribution < -0.4 is 0 Å². The number of carboxylic acid groups (broad SMARTS) is 1. The summed E-state index contributed by atoms with van der Waals surface area (Å²) < 4.78 is 5.11. The van der Waals surface area contributed by atoms with Crippen molar-refractivity contribution in [2.24, 2.45) is 4.99 Å². The molecule has 138 valence electrons. The van der Waals surface area contributed by atoms with E-state index < -0.39 is 5.97 Å². The molecule has 27 heavy (non-hydrogen) atoms. The van der Waals surface area contributed by atoms with Crippen molar-refractivity contribution >= 4 is 40.6 Å². The highest BCUT2D eigenvalue weighted by Gasteiger charge is 2.33. The maximum Gasteiger partial charge on any atom is 0.335 e. The van der Waals surface area contributed by atoms with Gasteiger partial charge in [0.15, 0.2) is 5.17 Å². The van der Waals surface area contributed by atoms with E-state index in [9.17, 15) is 9.59 Å². The summed E-state index contributed by atoms with van der Waals surface area (Å²) >= 11 is 1.29. The van der Waals surface area contributed by atoms with Gasteiger partial charge in [0, 0.05) is 7.11 Å². The molecule has 0 radical (unpaired) electrons. The average molecular weight is 382 g/mol. The van der Waals surface area contributed by atoms with Gasteiger partial charge in [0.25, 0.3) is 5.91 Å². The molecule has 0 atom stereocenters. The van der Waals surface area contributed by atoms with E-state index in [1.54, 1.807) is 30.2 Å². The van der Waals surface area contributed by atoms with Crippen LogP contribution in [0, 0.1) is 0 Å². The monoisotopic (exact) mass is 382 g/mol. The van der Waals surface area contributed by atoms with E-state index in [0.29, 0.717) is 23.2 Å². The Bertz CT molecular complexity index is 892. The molecule has 2 aromatic carbocycles. The minimum Gasteiger partial charge on any atom is -0.478 e. The zero-order chi connectivity index (χ0) is 19.2. The number of nitrogens with zero attached hydrogens (tertiary/aromatic N) is 2. The lowest BCUT2D eigenvalue weighted by atomic mass is 10.1. The number of ether oxygens (including phenoxy) is 1. The Balaban J connectivity index is 1.89. The van der Waals surface area contributed by atoms with Crippen LogP contribution >= 0.6 is 11.8 Å². The first-order valence-electron chi connectivity index (χ1n) is 8.26. The number of amidine groups is 1. The second-order valence-corrected chi connectivity index (χ2v) is 6.73. The Labute approximate surface area is 161 Å². The van der Waals surface area contributed by atoms with Crippen molar-refractivity contribution in [1.82, 2.24) is 4.90 Å². The van der Waals surface area contributed by atoms with Crippen molar-refractivity contribution in [3.8, 4) is 0 Å². The van der Waals surface area contributed by atoms with Crippen molar-refractivity contribution in [2.75, 3.05) is 20.3 Å². The number of thioether (sulfide) groups is 1. The highest BCUT2D eigenvalue weighted by Crippen LogP contribution is 2.34. The third-order valence-corrected chi connectivity index (χ3v) is 4.85. The van der Waals surface area contributed by atoms with Gasteiger partial charge in [-0.25, -0.2) is 9.79 Å². The van der Waals surface area contributed by atoms with Crippen molar-refractivity contribution in [3.05, 3.63) is 70.6 Å². The summed E-state index contributed by atoms with van der Waals surface area (Å²) in [5.74, 6) is -1.13. The third-order valence-electron chi connectivity index (χ3n) is 3.84. The van der Waals surface area contributed by atoms with E-state index in [0.717, 1.165) is 11.3 Å². The number of amides is 1. The van der Waals surface area contributed by atoms with Gasteiger partial charge >= 0.3 is 5.97 Å². The highest BCUT2D eigenvalue weighted by atomic mass is 32.2. The number of rotatable bonds is 6. The molecule has 1 aliphatic heterocycles. The van der Waals surface area contributed by atoms with E-state index >= 15 is 0 Å². The van der Waals surface area contributed by atoms with Gasteiger partial charge in [-0.15, -0.1) is 0 Å². The van der Waals surface area contributed by atoms with Crippen molar-refractivity contribution in [3.63, 3.8) is 0 Å². The smallest absolute Gasteiger partial charge is 0.335 e. The first-order chi connectivity index (χ1) is 13.1. The molecular formula is C20H18N2O4S. The standard InChI is InChI=1S/C20H18N2O4S/c1-26-12-11-22-18(23)17(13-14-7-9-15(10-8-14)19(24)25)27-20(22)21-16-5-3-2-4-6-16/h2-10,13H,11-12H2,1H3,(H,24,25)/b17-13-,21-20?. The van der Waals surface area contributed by atoms with Crippen LogP contribution in [0.2, 0.25) is 0 Å². The molecule has 0 saturated carbocycles. The second kappa shape index (κ2) is 8.66. The molecule has 6 nitrogen and oxygen atoms in total. The van der Waals surface area contributed by atoms with Crippen LogP contribution in [0.15, 0.2) is 64.5 Å². The fourth-order valence-electron chi connectivity index (χ4n) is 2.46. The predicted octanol–water partition coefficient (Wildman–Crippen LogP) is 3.64. The fraction of sp³-hybridized carbons (Fsp3) is 0.150. The number of carbonyl (C=O) groups is 2. The largest absolute Gasteiger partial charge is 0.478 e. The summed E-state index contributed by atoms with van der Waals surface area (Å²) in [6, 6.07) is 15.8. The van der Waals surface area contributed by atoms with Gasteiger partial charge in [0.2, 0.25) is 0 Å². The van der Waals surface area contributed by atoms with Crippen LogP contribution in [0.5, 0.6) is 0 Å². The molecule has 0 aliphatic carbocycles. The molecule has 1 N–H and O–H groups in total. The normalized spacial score (nSPS) is 17.1. The lowest BCUT2D eigenvalue weighted by Crippen LogP contribution is -2.32. The first-order valence-corrected chi connectivity index (χ1v) is 9.07. The summed E-state index contributed by atoms with van der Waals surface area (Å²) in [6.45, 7) is 0.810. The van der Waals surface area contributed by atoms with E-state index in [1.807, 2.05) is 30.3 Å². The molecule has 0 unspecified atom stereocenters. The number of methoxy groups -OCH3 is 1. The quantitative estimate of drug-likeness (QED) is 0.772. The molecule has 0 aromatic heterocycles. The Morgan fingerprint density at radius 1 is 1.19 bits per heavy atom. The summed E-state index contributed by atoms with van der Waals surface area (Å²) in [7, 11) is 1.59. The highest BCUT2D eigenvalue weighted by molar-refractivity contribution is 8.18. The summed E-state index contributed by atoms with van der Waals surface area (Å²) in [6.07, 6.45) is 1.74. The number of hydrogen-bond donors (Lipinski definition) is 1. The SMILES string of the molecule is COCCN1C(=O)/C(=C/c2ccc(C(=O)O)cc2)SC1=Nc1ccccc1. The number of carbonyl (C=O) groups excluding carboxylic acids is 1. The van der Waals surface area contributed by atoms with Crippen LogP contribution in [0.3, 0.4) is 0 Å². The summed E-state index contributed by atoms with van der Waals surface area (Å²) in [5, 5.41) is 9.58. The van der Waals surface area contributed by atoms with Gasteiger partial charge in [-0.05, 0) is 47.7 Å². The number of aliphatic imine (C=N–C) groups is 1. The minimum atomic E-state index is -0.983. The van der Waals surface area contributed by atoms with Gasteiger partial charge in [0.1, 0.15) is 0 Å². The van der Waals surface area contributed by atoms with E-state index in [1.165, 1.54) is 23.9 Å². The fourth-order valence-corrected chi connectivity index (χ4v) is 3.48. The molecule has 1 heterocycles. The zero-order valence-electron chi connectivity index (χ0n) is 14.7. The van der Waals surface area contributed by atoms with Gasteiger partial charge < -0.3 is 9.84 Å². The topological polar surface area (TPSA) is 79.2 Å².